The number of hydrogen-bond acceptors (Lipinski definition) is 3. The Hall–Kier alpha value is -0.900. The standard InChI is InChI=1S/C17H30N2O/c1-4-16(5-2)19(12-13-20)11-10-17(18)15-8-6-14(3)7-9-15/h6-9,16-17,20H,4-5,10-13,18H2,1-3H3. The molecule has 3 nitrogen and oxygen atoms in total. The number of nitrogens with zero attached hydrogens (tertiary/aromatic N) is 1. The van der Waals surface area contributed by atoms with Gasteiger partial charge in [-0.3, -0.25) is 4.90 Å². The fourth-order valence-electron chi connectivity index (χ4n) is 2.70. The number of nitrogens with two attached hydrogens (primary N) is 1. The van der Waals surface area contributed by atoms with E-state index in [1.807, 2.05) is 0 Å². The lowest BCUT2D eigenvalue weighted by molar-refractivity contribution is 0.139. The Morgan fingerprint density at radius 1 is 1.10 bits per heavy atom. The smallest absolute Gasteiger partial charge is 0.0558 e. The zero-order valence-corrected chi connectivity index (χ0v) is 13.2. The Bertz CT molecular complexity index is 360. The van der Waals surface area contributed by atoms with Crippen molar-refractivity contribution < 1.29 is 5.11 Å². The lowest BCUT2D eigenvalue weighted by atomic mass is 10.0. The van der Waals surface area contributed by atoms with Crippen LogP contribution in [0.1, 0.15) is 50.3 Å². The fraction of sp³-hybridized carbons (Fsp3) is 0.647. The van der Waals surface area contributed by atoms with Crippen molar-refractivity contribution in [3.63, 3.8) is 0 Å². The number of rotatable bonds is 9. The lowest BCUT2D eigenvalue weighted by Gasteiger charge is -2.30. The molecular weight excluding hydrogens is 248 g/mol. The summed E-state index contributed by atoms with van der Waals surface area (Å²) in [5.41, 5.74) is 8.75. The van der Waals surface area contributed by atoms with E-state index in [2.05, 4.69) is 49.9 Å². The van der Waals surface area contributed by atoms with Crippen molar-refractivity contribution in [2.75, 3.05) is 19.7 Å². The Balaban J connectivity index is 2.55. The van der Waals surface area contributed by atoms with Crippen molar-refractivity contribution in [2.24, 2.45) is 5.73 Å². The van der Waals surface area contributed by atoms with E-state index in [1.54, 1.807) is 0 Å². The molecule has 0 heterocycles. The van der Waals surface area contributed by atoms with Crippen LogP contribution in [0.2, 0.25) is 0 Å². The molecule has 20 heavy (non-hydrogen) atoms. The number of aliphatic hydroxyl groups is 1. The molecule has 0 saturated heterocycles. The van der Waals surface area contributed by atoms with Crippen LogP contribution in [0.3, 0.4) is 0 Å². The zero-order valence-electron chi connectivity index (χ0n) is 13.2. The second-order valence-corrected chi connectivity index (χ2v) is 5.54. The molecule has 3 heteroatoms. The minimum atomic E-state index is 0.0751. The van der Waals surface area contributed by atoms with Gasteiger partial charge in [-0.2, -0.15) is 0 Å². The summed E-state index contributed by atoms with van der Waals surface area (Å²) in [5.74, 6) is 0. The zero-order chi connectivity index (χ0) is 15.0. The van der Waals surface area contributed by atoms with Crippen molar-refractivity contribution in [3.8, 4) is 0 Å². The van der Waals surface area contributed by atoms with Crippen LogP contribution < -0.4 is 5.73 Å². The maximum absolute atomic E-state index is 9.22. The molecule has 1 rings (SSSR count). The molecule has 0 spiro atoms. The highest BCUT2D eigenvalue weighted by atomic mass is 16.3. The van der Waals surface area contributed by atoms with Gasteiger partial charge >= 0.3 is 0 Å². The van der Waals surface area contributed by atoms with Gasteiger partial charge in [-0.25, -0.2) is 0 Å². The lowest BCUT2D eigenvalue weighted by Crippen LogP contribution is -2.38. The normalized spacial score (nSPS) is 13.2. The third-order valence-electron chi connectivity index (χ3n) is 4.08. The molecule has 0 saturated carbocycles. The monoisotopic (exact) mass is 278 g/mol. The van der Waals surface area contributed by atoms with Gasteiger partial charge in [0.05, 0.1) is 6.61 Å². The molecule has 1 atom stereocenters. The highest BCUT2D eigenvalue weighted by Crippen LogP contribution is 2.17. The summed E-state index contributed by atoms with van der Waals surface area (Å²) in [4.78, 5) is 2.37. The first-order chi connectivity index (χ1) is 9.62. The number of hydrogen-bond donors (Lipinski definition) is 2. The molecule has 0 aromatic heterocycles. The molecule has 114 valence electrons. The van der Waals surface area contributed by atoms with Gasteiger partial charge < -0.3 is 10.8 Å². The van der Waals surface area contributed by atoms with Crippen molar-refractivity contribution >= 4 is 0 Å². The van der Waals surface area contributed by atoms with E-state index in [-0.39, 0.29) is 12.6 Å². The van der Waals surface area contributed by atoms with Crippen LogP contribution in [0.25, 0.3) is 0 Å². The first kappa shape index (κ1) is 17.2. The summed E-state index contributed by atoms with van der Waals surface area (Å²) < 4.78 is 0. The molecule has 1 aromatic rings. The quantitative estimate of drug-likeness (QED) is 0.730. The largest absolute Gasteiger partial charge is 0.395 e. The number of aliphatic hydroxyl groups excluding tert-OH is 1. The van der Waals surface area contributed by atoms with Crippen molar-refractivity contribution in [1.82, 2.24) is 4.90 Å². The Morgan fingerprint density at radius 3 is 2.20 bits per heavy atom. The van der Waals surface area contributed by atoms with Crippen molar-refractivity contribution in [3.05, 3.63) is 35.4 Å². The molecule has 1 aromatic carbocycles. The van der Waals surface area contributed by atoms with E-state index in [9.17, 15) is 5.11 Å². The van der Waals surface area contributed by atoms with Crippen LogP contribution in [0, 0.1) is 6.92 Å². The Kier molecular flexibility index (Phi) is 7.82. The predicted molar refractivity (Wildman–Crippen MR) is 85.8 cm³/mol. The fourth-order valence-corrected chi connectivity index (χ4v) is 2.70. The third kappa shape index (κ3) is 5.23. The first-order valence-electron chi connectivity index (χ1n) is 7.79. The van der Waals surface area contributed by atoms with Gasteiger partial charge in [0.1, 0.15) is 0 Å². The van der Waals surface area contributed by atoms with Crippen LogP contribution >= 0.6 is 0 Å². The second-order valence-electron chi connectivity index (χ2n) is 5.54. The van der Waals surface area contributed by atoms with Crippen LogP contribution in [0.5, 0.6) is 0 Å². The first-order valence-corrected chi connectivity index (χ1v) is 7.79. The molecule has 0 aliphatic rings. The van der Waals surface area contributed by atoms with Crippen LogP contribution in [0.4, 0.5) is 0 Å². The summed E-state index contributed by atoms with van der Waals surface area (Å²) in [7, 11) is 0. The number of benzene rings is 1. The third-order valence-corrected chi connectivity index (χ3v) is 4.08. The van der Waals surface area contributed by atoms with E-state index in [1.165, 1.54) is 11.1 Å². The summed E-state index contributed by atoms with van der Waals surface area (Å²) in [6.45, 7) is 8.41. The van der Waals surface area contributed by atoms with E-state index in [0.29, 0.717) is 6.04 Å². The Labute approximate surface area is 123 Å². The van der Waals surface area contributed by atoms with E-state index in [4.69, 9.17) is 5.73 Å². The minimum absolute atomic E-state index is 0.0751. The average molecular weight is 278 g/mol. The summed E-state index contributed by atoms with van der Waals surface area (Å²) in [6.07, 6.45) is 3.17. The Morgan fingerprint density at radius 2 is 1.70 bits per heavy atom. The van der Waals surface area contributed by atoms with Crippen LogP contribution in [-0.4, -0.2) is 35.7 Å². The molecular formula is C17H30N2O. The summed E-state index contributed by atoms with van der Waals surface area (Å²) >= 11 is 0. The maximum Gasteiger partial charge on any atom is 0.0558 e. The second kappa shape index (κ2) is 9.11. The maximum atomic E-state index is 9.22. The van der Waals surface area contributed by atoms with E-state index in [0.717, 1.165) is 32.4 Å². The molecule has 0 fully saturated rings. The molecule has 0 aliphatic carbocycles. The minimum Gasteiger partial charge on any atom is -0.395 e. The summed E-state index contributed by atoms with van der Waals surface area (Å²) in [6, 6.07) is 9.09. The van der Waals surface area contributed by atoms with Crippen molar-refractivity contribution in [2.45, 2.75) is 52.1 Å². The highest BCUT2D eigenvalue weighted by molar-refractivity contribution is 5.23. The van der Waals surface area contributed by atoms with Gasteiger partial charge in [0.15, 0.2) is 0 Å². The van der Waals surface area contributed by atoms with Crippen molar-refractivity contribution in [1.29, 1.82) is 0 Å². The molecule has 3 N–H and O–H groups in total. The van der Waals surface area contributed by atoms with Gasteiger partial charge in [0.2, 0.25) is 0 Å². The van der Waals surface area contributed by atoms with Gasteiger partial charge in [-0.15, -0.1) is 0 Å². The molecule has 1 unspecified atom stereocenters. The van der Waals surface area contributed by atoms with Crippen LogP contribution in [0.15, 0.2) is 24.3 Å². The van der Waals surface area contributed by atoms with Crippen LogP contribution in [-0.2, 0) is 0 Å². The van der Waals surface area contributed by atoms with E-state index < -0.39 is 0 Å². The molecule has 0 amide bonds. The van der Waals surface area contributed by atoms with Gasteiger partial charge in [0, 0.05) is 25.2 Å². The highest BCUT2D eigenvalue weighted by Gasteiger charge is 2.16. The SMILES string of the molecule is CCC(CC)N(CCO)CCC(N)c1ccc(C)cc1. The molecule has 0 bridgehead atoms. The summed E-state index contributed by atoms with van der Waals surface area (Å²) in [5, 5.41) is 9.22. The van der Waals surface area contributed by atoms with Gasteiger partial charge in [-0.1, -0.05) is 43.7 Å². The van der Waals surface area contributed by atoms with Gasteiger partial charge in [-0.05, 0) is 31.7 Å². The van der Waals surface area contributed by atoms with Gasteiger partial charge in [0.25, 0.3) is 0 Å². The average Bonchev–Trinajstić information content (AvgIpc) is 2.46. The van der Waals surface area contributed by atoms with E-state index >= 15 is 0 Å². The topological polar surface area (TPSA) is 49.5 Å². The number of aryl methyl sites for hydroxylation is 1. The molecule has 0 aliphatic heterocycles. The molecule has 0 radical (unpaired) electrons. The predicted octanol–water partition coefficient (Wildman–Crippen LogP) is 2.87.